The zero-order valence-corrected chi connectivity index (χ0v) is 13.8. The van der Waals surface area contributed by atoms with Crippen LogP contribution in [0.3, 0.4) is 0 Å². The molecule has 22 heavy (non-hydrogen) atoms. The molecule has 1 aromatic carbocycles. The first kappa shape index (κ1) is 16.0. The van der Waals surface area contributed by atoms with E-state index >= 15 is 0 Å². The molecule has 1 saturated carbocycles. The lowest BCUT2D eigenvalue weighted by molar-refractivity contribution is 0.0820. The number of aliphatic hydroxyl groups is 1. The van der Waals surface area contributed by atoms with Crippen LogP contribution in [0.1, 0.15) is 49.3 Å². The number of aryl methyl sites for hydroxylation is 1. The van der Waals surface area contributed by atoms with Gasteiger partial charge in [-0.3, -0.25) is 0 Å². The summed E-state index contributed by atoms with van der Waals surface area (Å²) in [5, 5.41) is 13.3. The molecule has 3 heteroatoms. The summed E-state index contributed by atoms with van der Waals surface area (Å²) in [5.74, 6) is 0.841. The van der Waals surface area contributed by atoms with Gasteiger partial charge in [0, 0.05) is 19.1 Å². The van der Waals surface area contributed by atoms with E-state index in [1.54, 1.807) is 0 Å². The van der Waals surface area contributed by atoms with E-state index in [-0.39, 0.29) is 6.10 Å². The fraction of sp³-hybridized carbons (Fsp3) is 0.684. The van der Waals surface area contributed by atoms with E-state index in [2.05, 4.69) is 41.4 Å². The molecule has 3 nitrogen and oxygen atoms in total. The van der Waals surface area contributed by atoms with Crippen LogP contribution in [-0.4, -0.2) is 42.3 Å². The zero-order chi connectivity index (χ0) is 15.4. The highest BCUT2D eigenvalue weighted by molar-refractivity contribution is 5.25. The standard InChI is InChI=1S/C19H30N2O/c1-15-3-5-16(6-4-15)19(17-7-8-17)20-11-2-12-21-13-9-18(22)10-14-21/h3-6,17-20,22H,2,7-14H2,1H3. The molecule has 2 aliphatic rings. The average Bonchev–Trinajstić information content (AvgIpc) is 3.35. The van der Waals surface area contributed by atoms with Crippen molar-refractivity contribution in [2.75, 3.05) is 26.2 Å². The Morgan fingerprint density at radius 1 is 1.14 bits per heavy atom. The minimum absolute atomic E-state index is 0.0600. The first-order chi connectivity index (χ1) is 10.7. The Morgan fingerprint density at radius 2 is 1.82 bits per heavy atom. The van der Waals surface area contributed by atoms with Crippen LogP contribution in [0.15, 0.2) is 24.3 Å². The van der Waals surface area contributed by atoms with Crippen molar-refractivity contribution in [1.29, 1.82) is 0 Å². The molecule has 0 radical (unpaired) electrons. The van der Waals surface area contributed by atoms with Crippen LogP contribution >= 0.6 is 0 Å². The first-order valence-corrected chi connectivity index (χ1v) is 8.93. The van der Waals surface area contributed by atoms with E-state index in [0.717, 1.165) is 44.9 Å². The van der Waals surface area contributed by atoms with Crippen molar-refractivity contribution in [2.45, 2.75) is 51.2 Å². The molecule has 1 unspecified atom stereocenters. The molecule has 2 N–H and O–H groups in total. The summed E-state index contributed by atoms with van der Waals surface area (Å²) in [6.07, 6.45) is 5.77. The molecule has 1 saturated heterocycles. The van der Waals surface area contributed by atoms with Gasteiger partial charge in [-0.15, -0.1) is 0 Å². The molecule has 0 aromatic heterocycles. The van der Waals surface area contributed by atoms with Gasteiger partial charge in [-0.2, -0.15) is 0 Å². The second kappa shape index (κ2) is 7.58. The maximum atomic E-state index is 9.55. The van der Waals surface area contributed by atoms with Crippen molar-refractivity contribution in [2.24, 2.45) is 5.92 Å². The van der Waals surface area contributed by atoms with Crippen LogP contribution < -0.4 is 5.32 Å². The lowest BCUT2D eigenvalue weighted by atomic mass is 10.0. The molecule has 1 aliphatic heterocycles. The second-order valence-corrected chi connectivity index (χ2v) is 7.11. The molecule has 1 aliphatic carbocycles. The van der Waals surface area contributed by atoms with E-state index < -0.39 is 0 Å². The minimum atomic E-state index is -0.0600. The summed E-state index contributed by atoms with van der Waals surface area (Å²) in [7, 11) is 0. The van der Waals surface area contributed by atoms with Gasteiger partial charge >= 0.3 is 0 Å². The van der Waals surface area contributed by atoms with Crippen LogP contribution in [0.4, 0.5) is 0 Å². The molecule has 122 valence electrons. The fourth-order valence-corrected chi connectivity index (χ4v) is 3.46. The van der Waals surface area contributed by atoms with Crippen LogP contribution in [0.25, 0.3) is 0 Å². The predicted molar refractivity (Wildman–Crippen MR) is 90.9 cm³/mol. The number of hydrogen-bond acceptors (Lipinski definition) is 3. The normalized spacial score (nSPS) is 21.9. The maximum absolute atomic E-state index is 9.55. The smallest absolute Gasteiger partial charge is 0.0564 e. The van der Waals surface area contributed by atoms with Crippen molar-refractivity contribution in [3.63, 3.8) is 0 Å². The van der Waals surface area contributed by atoms with Crippen molar-refractivity contribution in [3.8, 4) is 0 Å². The first-order valence-electron chi connectivity index (χ1n) is 8.93. The van der Waals surface area contributed by atoms with Crippen LogP contribution in [0.2, 0.25) is 0 Å². The molecule has 2 fully saturated rings. The van der Waals surface area contributed by atoms with Gasteiger partial charge in [-0.25, -0.2) is 0 Å². The van der Waals surface area contributed by atoms with E-state index in [9.17, 15) is 5.11 Å². The monoisotopic (exact) mass is 302 g/mol. The number of nitrogens with zero attached hydrogens (tertiary/aromatic N) is 1. The predicted octanol–water partition coefficient (Wildman–Crippen LogP) is 2.88. The Hall–Kier alpha value is -0.900. The Balaban J connectivity index is 1.41. The third-order valence-corrected chi connectivity index (χ3v) is 5.10. The summed E-state index contributed by atoms with van der Waals surface area (Å²) in [4.78, 5) is 2.49. The Morgan fingerprint density at radius 3 is 2.45 bits per heavy atom. The number of aliphatic hydroxyl groups excluding tert-OH is 1. The molecular formula is C19H30N2O. The SMILES string of the molecule is Cc1ccc(C(NCCCN2CCC(O)CC2)C2CC2)cc1. The van der Waals surface area contributed by atoms with Gasteiger partial charge in [0.2, 0.25) is 0 Å². The van der Waals surface area contributed by atoms with Gasteiger partial charge in [0.15, 0.2) is 0 Å². The van der Waals surface area contributed by atoms with Gasteiger partial charge in [-0.1, -0.05) is 29.8 Å². The van der Waals surface area contributed by atoms with Gasteiger partial charge in [0.25, 0.3) is 0 Å². The molecule has 0 bridgehead atoms. The average molecular weight is 302 g/mol. The highest BCUT2D eigenvalue weighted by Gasteiger charge is 2.31. The van der Waals surface area contributed by atoms with Crippen LogP contribution in [0.5, 0.6) is 0 Å². The Labute approximate surface area is 134 Å². The molecule has 1 atom stereocenters. The second-order valence-electron chi connectivity index (χ2n) is 7.11. The molecule has 3 rings (SSSR count). The van der Waals surface area contributed by atoms with Gasteiger partial charge in [0.1, 0.15) is 0 Å². The van der Waals surface area contributed by atoms with E-state index in [1.807, 2.05) is 0 Å². The Kier molecular flexibility index (Phi) is 5.51. The molecule has 0 amide bonds. The summed E-state index contributed by atoms with van der Waals surface area (Å²) in [5.41, 5.74) is 2.79. The maximum Gasteiger partial charge on any atom is 0.0564 e. The summed E-state index contributed by atoms with van der Waals surface area (Å²) in [6.45, 7) is 6.52. The number of likely N-dealkylation sites (tertiary alicyclic amines) is 1. The molecular weight excluding hydrogens is 272 g/mol. The molecule has 1 aromatic rings. The number of nitrogens with one attached hydrogen (secondary N) is 1. The van der Waals surface area contributed by atoms with Gasteiger partial charge in [-0.05, 0) is 63.6 Å². The van der Waals surface area contributed by atoms with E-state index in [1.165, 1.54) is 30.4 Å². The highest BCUT2D eigenvalue weighted by atomic mass is 16.3. The van der Waals surface area contributed by atoms with Crippen molar-refractivity contribution < 1.29 is 5.11 Å². The fourth-order valence-electron chi connectivity index (χ4n) is 3.46. The minimum Gasteiger partial charge on any atom is -0.393 e. The number of rotatable bonds is 7. The quantitative estimate of drug-likeness (QED) is 0.760. The lowest BCUT2D eigenvalue weighted by Gasteiger charge is -2.29. The number of piperidine rings is 1. The summed E-state index contributed by atoms with van der Waals surface area (Å²) in [6, 6.07) is 9.58. The molecule has 0 spiro atoms. The zero-order valence-electron chi connectivity index (χ0n) is 13.8. The largest absolute Gasteiger partial charge is 0.393 e. The Bertz CT molecular complexity index is 447. The van der Waals surface area contributed by atoms with Gasteiger partial charge < -0.3 is 15.3 Å². The summed E-state index contributed by atoms with van der Waals surface area (Å²) >= 11 is 0. The summed E-state index contributed by atoms with van der Waals surface area (Å²) < 4.78 is 0. The van der Waals surface area contributed by atoms with Crippen molar-refractivity contribution >= 4 is 0 Å². The van der Waals surface area contributed by atoms with E-state index in [4.69, 9.17) is 0 Å². The van der Waals surface area contributed by atoms with E-state index in [0.29, 0.717) is 6.04 Å². The van der Waals surface area contributed by atoms with Crippen molar-refractivity contribution in [1.82, 2.24) is 10.2 Å². The number of hydrogen-bond donors (Lipinski definition) is 2. The van der Waals surface area contributed by atoms with Crippen LogP contribution in [0, 0.1) is 12.8 Å². The highest BCUT2D eigenvalue weighted by Crippen LogP contribution is 2.40. The topological polar surface area (TPSA) is 35.5 Å². The number of benzene rings is 1. The van der Waals surface area contributed by atoms with Crippen molar-refractivity contribution in [3.05, 3.63) is 35.4 Å². The lowest BCUT2D eigenvalue weighted by Crippen LogP contribution is -2.37. The van der Waals surface area contributed by atoms with Crippen LogP contribution in [-0.2, 0) is 0 Å². The third-order valence-electron chi connectivity index (χ3n) is 5.10. The van der Waals surface area contributed by atoms with Gasteiger partial charge in [0.05, 0.1) is 6.10 Å². The third kappa shape index (κ3) is 4.55. The molecule has 1 heterocycles.